The van der Waals surface area contributed by atoms with Crippen molar-refractivity contribution in [3.63, 3.8) is 0 Å². The molecule has 140 valence electrons. The van der Waals surface area contributed by atoms with E-state index in [1.54, 1.807) is 6.92 Å². The summed E-state index contributed by atoms with van der Waals surface area (Å²) in [5, 5.41) is 7.05. The van der Waals surface area contributed by atoms with Crippen LogP contribution in [-0.4, -0.2) is 42.4 Å². The van der Waals surface area contributed by atoms with Crippen LogP contribution in [-0.2, 0) is 15.1 Å². The number of hydrogen-bond acceptors (Lipinski definition) is 4. The van der Waals surface area contributed by atoms with Crippen molar-refractivity contribution >= 4 is 23.9 Å². The van der Waals surface area contributed by atoms with Gasteiger partial charge in [-0.1, -0.05) is 38.1 Å². The highest BCUT2D eigenvalue weighted by Crippen LogP contribution is 2.30. The molecule has 26 heavy (non-hydrogen) atoms. The predicted molar refractivity (Wildman–Crippen MR) is 95.3 cm³/mol. The number of carbonyl (C=O) groups is 4. The third-order valence-corrected chi connectivity index (χ3v) is 4.47. The minimum Gasteiger partial charge on any atom is -0.341 e. The van der Waals surface area contributed by atoms with Gasteiger partial charge in [-0.3, -0.25) is 19.8 Å². The van der Waals surface area contributed by atoms with Crippen molar-refractivity contribution < 1.29 is 19.2 Å². The van der Waals surface area contributed by atoms with Gasteiger partial charge in [-0.05, 0) is 24.0 Å². The molecule has 0 radical (unpaired) electrons. The van der Waals surface area contributed by atoms with Crippen LogP contribution in [0.5, 0.6) is 0 Å². The highest BCUT2D eigenvalue weighted by Gasteiger charge is 2.48. The maximum atomic E-state index is 12.8. The molecular formula is C18H24N4O4. The number of benzene rings is 1. The lowest BCUT2D eigenvalue weighted by atomic mass is 9.90. The Kier molecular flexibility index (Phi) is 5.64. The zero-order chi connectivity index (χ0) is 19.5. The number of hydrogen-bond donors (Lipinski definition) is 3. The lowest BCUT2D eigenvalue weighted by Gasteiger charge is -2.22. The smallest absolute Gasteiger partial charge is 0.325 e. The van der Waals surface area contributed by atoms with Crippen molar-refractivity contribution in [2.75, 3.05) is 13.6 Å². The van der Waals surface area contributed by atoms with Gasteiger partial charge < -0.3 is 10.6 Å². The van der Waals surface area contributed by atoms with Crippen LogP contribution in [0.15, 0.2) is 24.3 Å². The first-order valence-electron chi connectivity index (χ1n) is 8.45. The van der Waals surface area contributed by atoms with E-state index in [9.17, 15) is 19.2 Å². The van der Waals surface area contributed by atoms with Crippen LogP contribution in [0.2, 0.25) is 0 Å². The van der Waals surface area contributed by atoms with E-state index >= 15 is 0 Å². The molecule has 8 heteroatoms. The summed E-state index contributed by atoms with van der Waals surface area (Å²) in [7, 11) is 1.38. The van der Waals surface area contributed by atoms with E-state index < -0.39 is 29.4 Å². The summed E-state index contributed by atoms with van der Waals surface area (Å²) in [5.74, 6) is -0.631. The van der Waals surface area contributed by atoms with Crippen molar-refractivity contribution in [3.8, 4) is 0 Å². The van der Waals surface area contributed by atoms with Crippen molar-refractivity contribution in [1.29, 1.82) is 0 Å². The Bertz CT molecular complexity index is 729. The van der Waals surface area contributed by atoms with Gasteiger partial charge in [-0.2, -0.15) is 0 Å². The molecule has 1 heterocycles. The first-order valence-corrected chi connectivity index (χ1v) is 8.45. The summed E-state index contributed by atoms with van der Waals surface area (Å²) in [6.07, 6.45) is -0.158. The van der Waals surface area contributed by atoms with Crippen LogP contribution in [0, 0.1) is 0 Å². The number of urea groups is 2. The van der Waals surface area contributed by atoms with Crippen molar-refractivity contribution in [3.05, 3.63) is 35.4 Å². The number of nitrogens with one attached hydrogen (secondary N) is 3. The minimum atomic E-state index is -1.18. The fourth-order valence-electron chi connectivity index (χ4n) is 2.76. The fourth-order valence-corrected chi connectivity index (χ4v) is 2.76. The average molecular weight is 360 g/mol. The van der Waals surface area contributed by atoms with Crippen LogP contribution in [0.3, 0.4) is 0 Å². The molecule has 1 fully saturated rings. The Morgan fingerprint density at radius 3 is 2.35 bits per heavy atom. The Labute approximate surface area is 152 Å². The summed E-state index contributed by atoms with van der Waals surface area (Å²) in [6.45, 7) is 5.69. The maximum Gasteiger partial charge on any atom is 0.325 e. The van der Waals surface area contributed by atoms with Gasteiger partial charge in [0, 0.05) is 20.0 Å². The Balaban J connectivity index is 2.09. The highest BCUT2D eigenvalue weighted by atomic mass is 16.2. The van der Waals surface area contributed by atoms with E-state index in [1.165, 1.54) is 7.05 Å². The normalized spacial score (nSPS) is 19.5. The number of rotatable bonds is 5. The molecule has 1 aliphatic heterocycles. The second-order valence-electron chi connectivity index (χ2n) is 6.67. The molecule has 0 bridgehead atoms. The summed E-state index contributed by atoms with van der Waals surface area (Å²) in [5.41, 5.74) is 0.638. The van der Waals surface area contributed by atoms with E-state index in [1.807, 2.05) is 24.3 Å². The van der Waals surface area contributed by atoms with Gasteiger partial charge in [0.15, 0.2) is 0 Å². The number of amides is 6. The molecule has 1 aromatic carbocycles. The Hall–Kier alpha value is -2.90. The summed E-state index contributed by atoms with van der Waals surface area (Å²) in [4.78, 5) is 48.8. The molecule has 1 aliphatic rings. The molecule has 6 amide bonds. The van der Waals surface area contributed by atoms with Gasteiger partial charge in [-0.15, -0.1) is 0 Å². The summed E-state index contributed by atoms with van der Waals surface area (Å²) < 4.78 is 0. The SMILES string of the molecule is CNC(=O)NC(=O)CCN1C(=O)N[C@](C)(c2ccc(C(C)C)cc2)C1=O. The van der Waals surface area contributed by atoms with Gasteiger partial charge in [0.05, 0.1) is 0 Å². The number of imide groups is 2. The second kappa shape index (κ2) is 7.55. The van der Waals surface area contributed by atoms with E-state index in [0.717, 1.165) is 10.5 Å². The molecule has 1 aromatic rings. The predicted octanol–water partition coefficient (Wildman–Crippen LogP) is 1.42. The van der Waals surface area contributed by atoms with E-state index in [-0.39, 0.29) is 13.0 Å². The molecule has 1 atom stereocenters. The lowest BCUT2D eigenvalue weighted by Crippen LogP contribution is -2.42. The monoisotopic (exact) mass is 360 g/mol. The molecule has 2 rings (SSSR count). The summed E-state index contributed by atoms with van der Waals surface area (Å²) in [6, 6.07) is 6.33. The quantitative estimate of drug-likeness (QED) is 0.690. The molecule has 0 spiro atoms. The minimum absolute atomic E-state index is 0.104. The second-order valence-corrected chi connectivity index (χ2v) is 6.67. The van der Waals surface area contributed by atoms with Crippen LogP contribution < -0.4 is 16.0 Å². The van der Waals surface area contributed by atoms with Crippen LogP contribution in [0.25, 0.3) is 0 Å². The Morgan fingerprint density at radius 1 is 1.19 bits per heavy atom. The molecule has 3 N–H and O–H groups in total. The van der Waals surface area contributed by atoms with Crippen LogP contribution in [0.1, 0.15) is 44.2 Å². The Morgan fingerprint density at radius 2 is 1.81 bits per heavy atom. The van der Waals surface area contributed by atoms with Crippen LogP contribution >= 0.6 is 0 Å². The third-order valence-electron chi connectivity index (χ3n) is 4.47. The topological polar surface area (TPSA) is 108 Å². The van der Waals surface area contributed by atoms with Gasteiger partial charge in [0.25, 0.3) is 5.91 Å². The van der Waals surface area contributed by atoms with Gasteiger partial charge in [0.2, 0.25) is 5.91 Å². The molecule has 1 saturated heterocycles. The van der Waals surface area contributed by atoms with Crippen molar-refractivity contribution in [1.82, 2.24) is 20.9 Å². The first kappa shape index (κ1) is 19.4. The highest BCUT2D eigenvalue weighted by molar-refractivity contribution is 6.07. The molecule has 0 saturated carbocycles. The van der Waals surface area contributed by atoms with E-state index in [2.05, 4.69) is 29.8 Å². The summed E-state index contributed by atoms with van der Waals surface area (Å²) >= 11 is 0. The van der Waals surface area contributed by atoms with Gasteiger partial charge in [-0.25, -0.2) is 9.59 Å². The molecule has 0 aromatic heterocycles. The molecular weight excluding hydrogens is 336 g/mol. The van der Waals surface area contributed by atoms with Gasteiger partial charge >= 0.3 is 12.1 Å². The van der Waals surface area contributed by atoms with E-state index in [4.69, 9.17) is 0 Å². The maximum absolute atomic E-state index is 12.8. The number of nitrogens with zero attached hydrogens (tertiary/aromatic N) is 1. The fraction of sp³-hybridized carbons (Fsp3) is 0.444. The van der Waals surface area contributed by atoms with Crippen molar-refractivity contribution in [2.24, 2.45) is 0 Å². The van der Waals surface area contributed by atoms with Gasteiger partial charge in [0.1, 0.15) is 5.54 Å². The molecule has 8 nitrogen and oxygen atoms in total. The standard InChI is InChI=1S/C18H24N4O4/c1-11(2)12-5-7-13(8-6-12)18(3)15(24)22(17(26)21-18)10-9-14(23)20-16(25)19-4/h5-8,11H,9-10H2,1-4H3,(H,21,26)(H2,19,20,23,25)/t18-/m1/s1. The van der Waals surface area contributed by atoms with Crippen molar-refractivity contribution in [2.45, 2.75) is 38.6 Å². The van der Waals surface area contributed by atoms with E-state index in [0.29, 0.717) is 11.5 Å². The average Bonchev–Trinajstić information content (AvgIpc) is 2.83. The largest absolute Gasteiger partial charge is 0.341 e. The zero-order valence-corrected chi connectivity index (χ0v) is 15.4. The number of carbonyl (C=O) groups excluding carboxylic acids is 4. The van der Waals surface area contributed by atoms with Crippen LogP contribution in [0.4, 0.5) is 9.59 Å². The molecule has 0 aliphatic carbocycles. The lowest BCUT2D eigenvalue weighted by molar-refractivity contribution is -0.131. The first-order chi connectivity index (χ1) is 12.2. The third kappa shape index (κ3) is 3.84. The molecule has 0 unspecified atom stereocenters. The zero-order valence-electron chi connectivity index (χ0n) is 15.4.